The van der Waals surface area contributed by atoms with E-state index in [-0.39, 0.29) is 16.9 Å². The van der Waals surface area contributed by atoms with Crippen LogP contribution in [0, 0.1) is 36.0 Å². The zero-order chi connectivity index (χ0) is 27.0. The van der Waals surface area contributed by atoms with E-state index in [1.165, 1.54) is 25.3 Å². The van der Waals surface area contributed by atoms with E-state index in [9.17, 15) is 31.5 Å². The molecular weight excluding hydrogens is 503 g/mol. The van der Waals surface area contributed by atoms with Crippen molar-refractivity contribution in [2.75, 3.05) is 7.11 Å². The van der Waals surface area contributed by atoms with Crippen LogP contribution in [0.2, 0.25) is 0 Å². The van der Waals surface area contributed by atoms with E-state index >= 15 is 0 Å². The molecule has 37 heavy (non-hydrogen) atoms. The molecule has 6 nitrogen and oxygen atoms in total. The number of methoxy groups -OCH3 is 1. The second-order valence-electron chi connectivity index (χ2n) is 7.86. The highest BCUT2D eigenvalue weighted by molar-refractivity contribution is 5.88. The number of fused-ring (bicyclic) bond motifs is 1. The summed E-state index contributed by atoms with van der Waals surface area (Å²) in [5.41, 5.74) is 0.942. The molecule has 1 atom stereocenters. The Morgan fingerprint density at radius 3 is 2.03 bits per heavy atom. The summed E-state index contributed by atoms with van der Waals surface area (Å²) in [5, 5.41) is 0.420. The molecule has 0 aliphatic heterocycles. The summed E-state index contributed by atoms with van der Waals surface area (Å²) < 4.78 is 88.2. The Balaban J connectivity index is 1.62. The average Bonchev–Trinajstić information content (AvgIpc) is 2.89. The first-order valence-corrected chi connectivity index (χ1v) is 10.6. The van der Waals surface area contributed by atoms with Gasteiger partial charge in [-0.2, -0.15) is 8.78 Å². The SMILES string of the molecule is COc1ccc(-c2c(C)c3cc(OC(=O)C(C)Oc4c(F)c(F)c(F)c(F)c4F)ccc3oc2=O)cc1. The Bertz CT molecular complexity index is 1550. The normalized spacial score (nSPS) is 11.9. The van der Waals surface area contributed by atoms with Crippen molar-refractivity contribution in [2.45, 2.75) is 20.0 Å². The predicted octanol–water partition coefficient (Wildman–Crippen LogP) is 5.85. The number of aryl methyl sites for hydroxylation is 1. The fourth-order valence-electron chi connectivity index (χ4n) is 3.60. The number of ether oxygens (including phenoxy) is 3. The minimum atomic E-state index is -2.36. The number of carbonyl (C=O) groups excluding carboxylic acids is 1. The molecule has 0 saturated carbocycles. The molecule has 192 valence electrons. The fourth-order valence-corrected chi connectivity index (χ4v) is 3.60. The van der Waals surface area contributed by atoms with Crippen molar-refractivity contribution < 1.29 is 45.4 Å². The third-order valence-electron chi connectivity index (χ3n) is 5.53. The zero-order valence-corrected chi connectivity index (χ0v) is 19.5. The van der Waals surface area contributed by atoms with E-state index < -0.39 is 52.5 Å². The Hall–Kier alpha value is -4.41. The van der Waals surface area contributed by atoms with Gasteiger partial charge in [-0.3, -0.25) is 0 Å². The molecule has 0 spiro atoms. The highest BCUT2D eigenvalue weighted by atomic mass is 19.2. The molecule has 0 fully saturated rings. The third kappa shape index (κ3) is 4.72. The van der Waals surface area contributed by atoms with E-state index in [4.69, 9.17) is 18.6 Å². The van der Waals surface area contributed by atoms with Crippen molar-refractivity contribution in [3.05, 3.63) is 87.5 Å². The van der Waals surface area contributed by atoms with Crippen LogP contribution in [0.3, 0.4) is 0 Å². The van der Waals surface area contributed by atoms with Gasteiger partial charge in [0.2, 0.25) is 29.1 Å². The van der Waals surface area contributed by atoms with Gasteiger partial charge >= 0.3 is 11.6 Å². The lowest BCUT2D eigenvalue weighted by molar-refractivity contribution is -0.141. The van der Waals surface area contributed by atoms with Crippen LogP contribution in [0.5, 0.6) is 17.2 Å². The summed E-state index contributed by atoms with van der Waals surface area (Å²) >= 11 is 0. The summed E-state index contributed by atoms with van der Waals surface area (Å²) in [5.74, 6) is -13.5. The molecule has 4 rings (SSSR count). The molecule has 0 radical (unpaired) electrons. The number of rotatable bonds is 6. The Labute approximate surface area is 205 Å². The molecule has 0 N–H and O–H groups in total. The zero-order valence-electron chi connectivity index (χ0n) is 19.5. The highest BCUT2D eigenvalue weighted by Crippen LogP contribution is 2.32. The molecule has 0 saturated heterocycles. The van der Waals surface area contributed by atoms with Crippen molar-refractivity contribution >= 4 is 16.9 Å². The van der Waals surface area contributed by atoms with Crippen LogP contribution in [-0.4, -0.2) is 19.2 Å². The van der Waals surface area contributed by atoms with E-state index in [1.54, 1.807) is 31.2 Å². The van der Waals surface area contributed by atoms with Gasteiger partial charge in [-0.05, 0) is 55.3 Å². The molecule has 4 aromatic rings. The molecule has 1 aromatic heterocycles. The quantitative estimate of drug-likeness (QED) is 0.0794. The van der Waals surface area contributed by atoms with Crippen LogP contribution in [0.15, 0.2) is 51.7 Å². The lowest BCUT2D eigenvalue weighted by Crippen LogP contribution is -2.29. The maximum Gasteiger partial charge on any atom is 0.352 e. The van der Waals surface area contributed by atoms with Crippen LogP contribution in [0.1, 0.15) is 12.5 Å². The van der Waals surface area contributed by atoms with Gasteiger partial charge in [-0.15, -0.1) is 0 Å². The van der Waals surface area contributed by atoms with Gasteiger partial charge in [-0.1, -0.05) is 12.1 Å². The molecule has 0 bridgehead atoms. The smallest absolute Gasteiger partial charge is 0.352 e. The number of hydrogen-bond donors (Lipinski definition) is 0. The maximum absolute atomic E-state index is 13.9. The minimum Gasteiger partial charge on any atom is -0.497 e. The summed E-state index contributed by atoms with van der Waals surface area (Å²) in [6.45, 7) is 2.67. The number of hydrogen-bond acceptors (Lipinski definition) is 6. The molecule has 1 unspecified atom stereocenters. The Morgan fingerprint density at radius 2 is 1.43 bits per heavy atom. The van der Waals surface area contributed by atoms with E-state index in [0.29, 0.717) is 22.3 Å². The van der Waals surface area contributed by atoms with Crippen molar-refractivity contribution in [3.63, 3.8) is 0 Å². The first-order chi connectivity index (χ1) is 17.5. The fraction of sp³-hybridized carbons (Fsp3) is 0.154. The molecule has 0 aliphatic rings. The number of benzene rings is 3. The van der Waals surface area contributed by atoms with Gasteiger partial charge in [0, 0.05) is 5.39 Å². The van der Waals surface area contributed by atoms with Gasteiger partial charge in [-0.25, -0.2) is 22.8 Å². The summed E-state index contributed by atoms with van der Waals surface area (Å²) in [6.07, 6.45) is -1.76. The number of esters is 1. The van der Waals surface area contributed by atoms with Gasteiger partial charge in [0.05, 0.1) is 12.7 Å². The van der Waals surface area contributed by atoms with Crippen LogP contribution < -0.4 is 19.8 Å². The topological polar surface area (TPSA) is 75.0 Å². The standard InChI is InChI=1S/C26H17F5O6/c1-11-16-10-15(8-9-17(16)37-26(33)18(11)13-4-6-14(34-3)7-5-13)36-25(32)12(2)35-24-22(30)20(28)19(27)21(29)23(24)31/h4-10,12H,1-3H3. The van der Waals surface area contributed by atoms with E-state index in [2.05, 4.69) is 0 Å². The number of carbonyl (C=O) groups is 1. The van der Waals surface area contributed by atoms with Crippen LogP contribution in [-0.2, 0) is 4.79 Å². The average molecular weight is 520 g/mol. The minimum absolute atomic E-state index is 0.0528. The van der Waals surface area contributed by atoms with Gasteiger partial charge in [0.15, 0.2) is 11.9 Å². The molecular formula is C26H17F5O6. The molecule has 11 heteroatoms. The van der Waals surface area contributed by atoms with Crippen LogP contribution in [0.25, 0.3) is 22.1 Å². The lowest BCUT2D eigenvalue weighted by Gasteiger charge is -2.16. The van der Waals surface area contributed by atoms with Crippen molar-refractivity contribution in [3.8, 4) is 28.4 Å². The van der Waals surface area contributed by atoms with Gasteiger partial charge in [0.25, 0.3) is 0 Å². The predicted molar refractivity (Wildman–Crippen MR) is 121 cm³/mol. The van der Waals surface area contributed by atoms with Crippen molar-refractivity contribution in [1.29, 1.82) is 0 Å². The largest absolute Gasteiger partial charge is 0.497 e. The van der Waals surface area contributed by atoms with E-state index in [1.807, 2.05) is 0 Å². The van der Waals surface area contributed by atoms with Crippen molar-refractivity contribution in [2.24, 2.45) is 0 Å². The van der Waals surface area contributed by atoms with E-state index in [0.717, 1.165) is 6.92 Å². The number of halogens is 5. The van der Waals surface area contributed by atoms with Gasteiger partial charge in [0.1, 0.15) is 17.1 Å². The maximum atomic E-state index is 13.9. The Morgan fingerprint density at radius 1 is 0.865 bits per heavy atom. The first kappa shape index (κ1) is 25.7. The van der Waals surface area contributed by atoms with Crippen LogP contribution in [0.4, 0.5) is 22.0 Å². The molecule has 1 heterocycles. The second-order valence-corrected chi connectivity index (χ2v) is 7.86. The summed E-state index contributed by atoms with van der Waals surface area (Å²) in [4.78, 5) is 25.1. The first-order valence-electron chi connectivity index (χ1n) is 10.6. The third-order valence-corrected chi connectivity index (χ3v) is 5.53. The highest BCUT2D eigenvalue weighted by Gasteiger charge is 2.30. The van der Waals surface area contributed by atoms with Gasteiger partial charge < -0.3 is 18.6 Å². The molecule has 0 amide bonds. The Kier molecular flexibility index (Phi) is 6.88. The van der Waals surface area contributed by atoms with Crippen LogP contribution >= 0.6 is 0 Å². The second kappa shape index (κ2) is 9.92. The summed E-state index contributed by atoms with van der Waals surface area (Å²) in [6, 6.07) is 10.7. The monoisotopic (exact) mass is 520 g/mol. The summed E-state index contributed by atoms with van der Waals surface area (Å²) in [7, 11) is 1.50. The molecule has 0 aliphatic carbocycles. The van der Waals surface area contributed by atoms with Crippen molar-refractivity contribution in [1.82, 2.24) is 0 Å². The lowest BCUT2D eigenvalue weighted by atomic mass is 9.99. The molecule has 3 aromatic carbocycles.